The van der Waals surface area contributed by atoms with Gasteiger partial charge in [0.2, 0.25) is 11.6 Å². The molecular formula is C21H33N2O9P. The van der Waals surface area contributed by atoms with Crippen LogP contribution >= 0.6 is 7.60 Å². The molecule has 1 aromatic rings. The fourth-order valence-electron chi connectivity index (χ4n) is 3.66. The molecule has 1 fully saturated rings. The van der Waals surface area contributed by atoms with Gasteiger partial charge in [-0.05, 0) is 63.6 Å². The van der Waals surface area contributed by atoms with Crippen LogP contribution in [0.5, 0.6) is 0 Å². The number of hydrogen-bond acceptors (Lipinski definition) is 8. The van der Waals surface area contributed by atoms with E-state index in [1.807, 2.05) is 6.92 Å². The first-order chi connectivity index (χ1) is 15.7. The Labute approximate surface area is 192 Å². The molecule has 1 amide bonds. The topological polar surface area (TPSA) is 170 Å². The van der Waals surface area contributed by atoms with Gasteiger partial charge in [0.15, 0.2) is 0 Å². The molecule has 0 saturated carbocycles. The maximum Gasteiger partial charge on any atom is 0.375 e. The Bertz CT molecular complexity index is 830. The van der Waals surface area contributed by atoms with Crippen molar-refractivity contribution in [2.75, 3.05) is 13.1 Å². The molecule has 0 radical (unpaired) electrons. The first-order valence-electron chi connectivity index (χ1n) is 11.2. The molecule has 0 bridgehead atoms. The van der Waals surface area contributed by atoms with Crippen molar-refractivity contribution < 1.29 is 42.6 Å². The van der Waals surface area contributed by atoms with Crippen LogP contribution in [-0.4, -0.2) is 63.8 Å². The van der Waals surface area contributed by atoms with E-state index in [4.69, 9.17) is 19.4 Å². The number of likely N-dealkylation sites (tertiary alicyclic amines) is 1. The highest BCUT2D eigenvalue weighted by molar-refractivity contribution is 7.53. The Morgan fingerprint density at radius 2 is 2.06 bits per heavy atom. The number of furan rings is 1. The summed E-state index contributed by atoms with van der Waals surface area (Å²) >= 11 is 0. The lowest BCUT2D eigenvalue weighted by molar-refractivity contribution is -0.151. The van der Waals surface area contributed by atoms with Gasteiger partial charge in [0, 0.05) is 6.54 Å². The summed E-state index contributed by atoms with van der Waals surface area (Å²) in [7, 11) is -4.64. The summed E-state index contributed by atoms with van der Waals surface area (Å²) in [4.78, 5) is 48.9. The minimum atomic E-state index is -4.64. The Hall–Kier alpha value is -2.20. The molecule has 0 spiro atoms. The number of amides is 1. The smallest absolute Gasteiger partial charge is 0.375 e. The Morgan fingerprint density at radius 1 is 1.30 bits per heavy atom. The van der Waals surface area contributed by atoms with Crippen molar-refractivity contribution >= 4 is 25.4 Å². The standard InChI is InChI=1S/C21H33N2O9P/c1-2-3-11-18(31-21(27)17-10-7-14-30-17)33(28,29)32-16(9-4-5-12-22)19(24)23-13-6-8-15(23)20(25)26/h7,10,14-16,18H,2-6,8-9,11-13,22H2,1H3,(H,25,26)(H,28,29)/t15-,16-,18?/m0/s1. The molecule has 2 heterocycles. The van der Waals surface area contributed by atoms with Crippen LogP contribution in [0.1, 0.15) is 68.8 Å². The second kappa shape index (κ2) is 12.9. The Kier molecular flexibility index (Phi) is 10.6. The quantitative estimate of drug-likeness (QED) is 0.201. The monoisotopic (exact) mass is 488 g/mol. The van der Waals surface area contributed by atoms with Gasteiger partial charge in [0.25, 0.3) is 5.91 Å². The van der Waals surface area contributed by atoms with Crippen molar-refractivity contribution in [3.8, 4) is 0 Å². The number of hydrogen-bond donors (Lipinski definition) is 3. The summed E-state index contributed by atoms with van der Waals surface area (Å²) in [5, 5.41) is 9.41. The first kappa shape index (κ1) is 27.0. The number of carbonyl (C=O) groups is 3. The van der Waals surface area contributed by atoms with Gasteiger partial charge in [0.1, 0.15) is 12.1 Å². The summed E-state index contributed by atoms with van der Waals surface area (Å²) < 4.78 is 28.9. The number of rotatable bonds is 14. The second-order valence-electron chi connectivity index (χ2n) is 7.95. The number of nitrogens with two attached hydrogens (primary N) is 1. The van der Waals surface area contributed by atoms with Crippen LogP contribution < -0.4 is 5.73 Å². The SMILES string of the molecule is CCCCC(OC(=O)c1ccco1)P(=O)(O)O[C@@H](CCCCN)C(=O)N1CCC[C@H]1C(=O)O. The van der Waals surface area contributed by atoms with Crippen LogP contribution in [-0.2, 0) is 23.4 Å². The summed E-state index contributed by atoms with van der Waals surface area (Å²) in [6, 6.07) is 1.83. The summed E-state index contributed by atoms with van der Waals surface area (Å²) in [6.45, 7) is 2.45. The maximum absolute atomic E-state index is 13.2. The number of unbranched alkanes of at least 4 members (excludes halogenated alkanes) is 2. The lowest BCUT2D eigenvalue weighted by Gasteiger charge is -2.30. The summed E-state index contributed by atoms with van der Waals surface area (Å²) in [5.74, 6) is -4.36. The Balaban J connectivity index is 2.21. The third-order valence-corrected chi connectivity index (χ3v) is 7.08. The van der Waals surface area contributed by atoms with Crippen molar-refractivity contribution in [3.05, 3.63) is 24.2 Å². The van der Waals surface area contributed by atoms with Gasteiger partial charge in [-0.2, -0.15) is 0 Å². The van der Waals surface area contributed by atoms with E-state index < -0.39 is 43.4 Å². The van der Waals surface area contributed by atoms with Gasteiger partial charge in [-0.1, -0.05) is 13.3 Å². The predicted molar refractivity (Wildman–Crippen MR) is 117 cm³/mol. The number of esters is 1. The lowest BCUT2D eigenvalue weighted by Crippen LogP contribution is -2.46. The van der Waals surface area contributed by atoms with E-state index in [1.54, 1.807) is 0 Å². The highest BCUT2D eigenvalue weighted by Gasteiger charge is 2.43. The maximum atomic E-state index is 13.2. The number of aliphatic carboxylic acids is 1. The number of carboxylic acid groups (broad SMARTS) is 1. The molecular weight excluding hydrogens is 455 g/mol. The van der Waals surface area contributed by atoms with Gasteiger partial charge in [-0.15, -0.1) is 0 Å². The Morgan fingerprint density at radius 3 is 2.67 bits per heavy atom. The van der Waals surface area contributed by atoms with Crippen molar-refractivity contribution in [1.82, 2.24) is 4.90 Å². The molecule has 4 N–H and O–H groups in total. The van der Waals surface area contributed by atoms with E-state index in [0.29, 0.717) is 45.1 Å². The van der Waals surface area contributed by atoms with E-state index in [-0.39, 0.29) is 25.1 Å². The molecule has 11 nitrogen and oxygen atoms in total. The molecule has 1 saturated heterocycles. The van der Waals surface area contributed by atoms with E-state index in [0.717, 1.165) is 0 Å². The lowest BCUT2D eigenvalue weighted by atomic mass is 10.1. The molecule has 1 aliphatic heterocycles. The number of nitrogens with zero attached hydrogens (tertiary/aromatic N) is 1. The average Bonchev–Trinajstić information content (AvgIpc) is 3.47. The highest BCUT2D eigenvalue weighted by atomic mass is 31.2. The zero-order valence-electron chi connectivity index (χ0n) is 18.8. The molecule has 2 unspecified atom stereocenters. The summed E-state index contributed by atoms with van der Waals surface area (Å²) in [5.41, 5.74) is 5.52. The highest BCUT2D eigenvalue weighted by Crippen LogP contribution is 2.52. The van der Waals surface area contributed by atoms with Gasteiger partial charge in [-0.25, -0.2) is 9.59 Å². The van der Waals surface area contributed by atoms with Gasteiger partial charge < -0.3 is 29.8 Å². The van der Waals surface area contributed by atoms with Gasteiger partial charge in [0.05, 0.1) is 6.26 Å². The molecule has 0 aliphatic carbocycles. The third kappa shape index (κ3) is 7.67. The molecule has 12 heteroatoms. The zero-order chi connectivity index (χ0) is 24.4. The number of ether oxygens (including phenoxy) is 1. The molecule has 4 atom stereocenters. The predicted octanol–water partition coefficient (Wildman–Crippen LogP) is 2.73. The van der Waals surface area contributed by atoms with Crippen LogP contribution in [0.15, 0.2) is 22.8 Å². The minimum absolute atomic E-state index is 0.0436. The van der Waals surface area contributed by atoms with E-state index in [2.05, 4.69) is 0 Å². The second-order valence-corrected chi connectivity index (χ2v) is 9.87. The molecule has 0 aromatic carbocycles. The van der Waals surface area contributed by atoms with E-state index in [1.165, 1.54) is 23.3 Å². The first-order valence-corrected chi connectivity index (χ1v) is 12.8. The van der Waals surface area contributed by atoms with Crippen molar-refractivity contribution in [1.29, 1.82) is 0 Å². The minimum Gasteiger partial charge on any atom is -0.480 e. The van der Waals surface area contributed by atoms with Gasteiger partial charge >= 0.3 is 19.5 Å². The average molecular weight is 488 g/mol. The van der Waals surface area contributed by atoms with Crippen LogP contribution in [0, 0.1) is 0 Å². The fraction of sp³-hybridized carbons (Fsp3) is 0.667. The number of carbonyl (C=O) groups excluding carboxylic acids is 2. The van der Waals surface area contributed by atoms with E-state index in [9.17, 15) is 28.9 Å². The van der Waals surface area contributed by atoms with Crippen LogP contribution in [0.2, 0.25) is 0 Å². The molecule has 1 aromatic heterocycles. The largest absolute Gasteiger partial charge is 0.480 e. The fourth-order valence-corrected chi connectivity index (χ4v) is 5.10. The van der Waals surface area contributed by atoms with Crippen LogP contribution in [0.4, 0.5) is 0 Å². The van der Waals surface area contributed by atoms with Gasteiger partial charge in [-0.3, -0.25) is 13.9 Å². The third-order valence-electron chi connectivity index (χ3n) is 5.43. The van der Waals surface area contributed by atoms with Crippen molar-refractivity contribution in [2.45, 2.75) is 76.3 Å². The molecule has 1 aliphatic rings. The molecule has 2 rings (SSSR count). The summed E-state index contributed by atoms with van der Waals surface area (Å²) in [6.07, 6.45) is 2.97. The normalized spacial score (nSPS) is 19.6. The molecule has 33 heavy (non-hydrogen) atoms. The van der Waals surface area contributed by atoms with Crippen LogP contribution in [0.3, 0.4) is 0 Å². The van der Waals surface area contributed by atoms with Crippen LogP contribution in [0.25, 0.3) is 0 Å². The number of carboxylic acids is 1. The zero-order valence-corrected chi connectivity index (χ0v) is 19.7. The van der Waals surface area contributed by atoms with E-state index >= 15 is 0 Å². The van der Waals surface area contributed by atoms with Crippen molar-refractivity contribution in [2.24, 2.45) is 5.73 Å². The van der Waals surface area contributed by atoms with Crippen molar-refractivity contribution in [3.63, 3.8) is 0 Å². The molecule has 186 valence electrons.